The summed E-state index contributed by atoms with van der Waals surface area (Å²) in [6, 6.07) is 6.76. The first-order valence-corrected chi connectivity index (χ1v) is 9.06. The first kappa shape index (κ1) is 18.5. The number of thiazole rings is 1. The van der Waals surface area contributed by atoms with Gasteiger partial charge < -0.3 is 16.0 Å². The van der Waals surface area contributed by atoms with Gasteiger partial charge in [-0.2, -0.15) is 0 Å². The van der Waals surface area contributed by atoms with Crippen molar-refractivity contribution in [1.82, 2.24) is 14.5 Å². The van der Waals surface area contributed by atoms with Crippen LogP contribution in [-0.2, 0) is 22.6 Å². The lowest BCUT2D eigenvalue weighted by atomic mass is 10.2. The second kappa shape index (κ2) is 7.96. The molecule has 0 aliphatic rings. The molecular formula is C17H17N5O4S. The second-order valence-corrected chi connectivity index (χ2v) is 6.73. The van der Waals surface area contributed by atoms with E-state index in [1.807, 2.05) is 0 Å². The Kier molecular flexibility index (Phi) is 5.46. The number of fused-ring (bicyclic) bond motifs is 1. The predicted molar refractivity (Wildman–Crippen MR) is 102 cm³/mol. The van der Waals surface area contributed by atoms with E-state index in [-0.39, 0.29) is 30.9 Å². The number of nitrogens with one attached hydrogen (secondary N) is 2. The average molecular weight is 387 g/mol. The normalized spacial score (nSPS) is 10.8. The number of para-hydroxylation sites is 1. The number of nitrogens with zero attached hydrogens (tertiary/aromatic N) is 2. The Labute approximate surface area is 156 Å². The molecule has 2 amide bonds. The quantitative estimate of drug-likeness (QED) is 0.544. The third-order valence-electron chi connectivity index (χ3n) is 3.83. The highest BCUT2D eigenvalue weighted by atomic mass is 32.1. The van der Waals surface area contributed by atoms with Crippen molar-refractivity contribution in [3.8, 4) is 0 Å². The first-order valence-electron chi connectivity index (χ1n) is 8.18. The number of nitrogens with two attached hydrogens (primary N) is 1. The number of anilines is 1. The average Bonchev–Trinajstić information content (AvgIpc) is 3.03. The third-order valence-corrected chi connectivity index (χ3v) is 4.63. The molecule has 0 aliphatic carbocycles. The van der Waals surface area contributed by atoms with Crippen LogP contribution in [0, 0.1) is 0 Å². The van der Waals surface area contributed by atoms with E-state index in [0.29, 0.717) is 28.1 Å². The van der Waals surface area contributed by atoms with Gasteiger partial charge in [0, 0.05) is 18.3 Å². The van der Waals surface area contributed by atoms with Gasteiger partial charge in [0.2, 0.25) is 11.8 Å². The second-order valence-electron chi connectivity index (χ2n) is 5.87. The number of carbonyl (C=O) groups excluding carboxylic acids is 2. The fourth-order valence-corrected chi connectivity index (χ4v) is 3.33. The maximum Gasteiger partial charge on any atom is 0.328 e. The first-order chi connectivity index (χ1) is 12.9. The summed E-state index contributed by atoms with van der Waals surface area (Å²) in [7, 11) is 0. The molecular weight excluding hydrogens is 370 g/mol. The van der Waals surface area contributed by atoms with Crippen LogP contribution in [0.15, 0.2) is 39.2 Å². The molecule has 1 aromatic carbocycles. The Morgan fingerprint density at radius 2 is 2.04 bits per heavy atom. The summed E-state index contributed by atoms with van der Waals surface area (Å²) in [5.74, 6) is -0.788. The molecule has 140 valence electrons. The van der Waals surface area contributed by atoms with Crippen molar-refractivity contribution in [3.05, 3.63) is 56.2 Å². The maximum atomic E-state index is 12.4. The Morgan fingerprint density at radius 1 is 1.26 bits per heavy atom. The molecule has 0 fully saturated rings. The number of rotatable bonds is 7. The fourth-order valence-electron chi connectivity index (χ4n) is 2.61. The third kappa shape index (κ3) is 4.47. The minimum atomic E-state index is -0.505. The number of benzene rings is 1. The maximum absolute atomic E-state index is 12.4. The van der Waals surface area contributed by atoms with Crippen LogP contribution in [0.3, 0.4) is 0 Å². The minimum absolute atomic E-state index is 0.0139. The summed E-state index contributed by atoms with van der Waals surface area (Å²) < 4.78 is 1.09. The number of carbonyl (C=O) groups is 2. The molecule has 0 aliphatic heterocycles. The van der Waals surface area contributed by atoms with Crippen molar-refractivity contribution in [2.75, 3.05) is 5.32 Å². The van der Waals surface area contributed by atoms with Crippen LogP contribution in [0.4, 0.5) is 5.13 Å². The van der Waals surface area contributed by atoms with Crippen LogP contribution in [-0.4, -0.2) is 26.3 Å². The standard InChI is InChI=1S/C17H17N5O4S/c18-13(23)8-10-9-27-16(19-10)21-14(24)6-3-7-22-15(25)11-4-1-2-5-12(11)20-17(22)26/h1-2,4-5,9H,3,6-8H2,(H2,18,23)(H,20,26)(H,19,21,24). The van der Waals surface area contributed by atoms with Crippen LogP contribution < -0.4 is 22.3 Å². The van der Waals surface area contributed by atoms with Gasteiger partial charge in [-0.25, -0.2) is 9.78 Å². The monoisotopic (exact) mass is 387 g/mol. The van der Waals surface area contributed by atoms with Crippen LogP contribution in [0.2, 0.25) is 0 Å². The minimum Gasteiger partial charge on any atom is -0.369 e. The molecule has 10 heteroatoms. The van der Waals surface area contributed by atoms with E-state index in [1.165, 1.54) is 11.3 Å². The van der Waals surface area contributed by atoms with E-state index in [4.69, 9.17) is 5.73 Å². The molecule has 0 unspecified atom stereocenters. The Bertz CT molecular complexity index is 1110. The number of hydrogen-bond donors (Lipinski definition) is 3. The Balaban J connectivity index is 1.60. The van der Waals surface area contributed by atoms with Crippen molar-refractivity contribution in [2.24, 2.45) is 5.73 Å². The fraction of sp³-hybridized carbons (Fsp3) is 0.235. The van der Waals surface area contributed by atoms with E-state index in [2.05, 4.69) is 15.3 Å². The summed E-state index contributed by atoms with van der Waals surface area (Å²) in [4.78, 5) is 54.1. The van der Waals surface area contributed by atoms with Crippen LogP contribution in [0.5, 0.6) is 0 Å². The summed E-state index contributed by atoms with van der Waals surface area (Å²) in [5, 5.41) is 5.07. The summed E-state index contributed by atoms with van der Waals surface area (Å²) in [6.45, 7) is 0.122. The van der Waals surface area contributed by atoms with E-state index in [9.17, 15) is 19.2 Å². The van der Waals surface area contributed by atoms with Crippen molar-refractivity contribution in [1.29, 1.82) is 0 Å². The molecule has 0 bridgehead atoms. The highest BCUT2D eigenvalue weighted by Gasteiger charge is 2.10. The van der Waals surface area contributed by atoms with Crippen molar-refractivity contribution < 1.29 is 9.59 Å². The number of primary amides is 1. The molecule has 0 atom stereocenters. The summed E-state index contributed by atoms with van der Waals surface area (Å²) in [6.07, 6.45) is 0.441. The van der Waals surface area contributed by atoms with Gasteiger partial charge in [-0.05, 0) is 18.6 Å². The van der Waals surface area contributed by atoms with E-state index in [0.717, 1.165) is 4.57 Å². The lowest BCUT2D eigenvalue weighted by Crippen LogP contribution is -2.35. The number of hydrogen-bond acceptors (Lipinski definition) is 6. The SMILES string of the molecule is NC(=O)Cc1csc(NC(=O)CCCn2c(=O)[nH]c3ccccc3c2=O)n1. The van der Waals surface area contributed by atoms with Gasteiger partial charge in [0.25, 0.3) is 5.56 Å². The molecule has 0 saturated heterocycles. The largest absolute Gasteiger partial charge is 0.369 e. The Hall–Kier alpha value is -3.27. The van der Waals surface area contributed by atoms with E-state index < -0.39 is 11.6 Å². The molecule has 4 N–H and O–H groups in total. The zero-order chi connectivity index (χ0) is 19.4. The number of aromatic nitrogens is 3. The zero-order valence-electron chi connectivity index (χ0n) is 14.2. The van der Waals surface area contributed by atoms with Crippen molar-refractivity contribution >= 4 is 39.2 Å². The van der Waals surface area contributed by atoms with Gasteiger partial charge >= 0.3 is 5.69 Å². The molecule has 3 aromatic rings. The lowest BCUT2D eigenvalue weighted by molar-refractivity contribution is -0.117. The topological polar surface area (TPSA) is 140 Å². The summed E-state index contributed by atoms with van der Waals surface area (Å²) >= 11 is 1.19. The predicted octanol–water partition coefficient (Wildman–Crippen LogP) is 0.593. The molecule has 27 heavy (non-hydrogen) atoms. The smallest absolute Gasteiger partial charge is 0.328 e. The lowest BCUT2D eigenvalue weighted by Gasteiger charge is -2.06. The molecule has 2 aromatic heterocycles. The van der Waals surface area contributed by atoms with Gasteiger partial charge in [-0.15, -0.1) is 11.3 Å². The number of amides is 2. The Morgan fingerprint density at radius 3 is 2.81 bits per heavy atom. The van der Waals surface area contributed by atoms with Gasteiger partial charge in [0.1, 0.15) is 0 Å². The van der Waals surface area contributed by atoms with Crippen LogP contribution >= 0.6 is 11.3 Å². The molecule has 0 radical (unpaired) electrons. The van der Waals surface area contributed by atoms with Gasteiger partial charge in [0.05, 0.1) is 23.0 Å². The van der Waals surface area contributed by atoms with E-state index in [1.54, 1.807) is 29.6 Å². The highest BCUT2D eigenvalue weighted by molar-refractivity contribution is 7.13. The molecule has 2 heterocycles. The van der Waals surface area contributed by atoms with E-state index >= 15 is 0 Å². The molecule has 9 nitrogen and oxygen atoms in total. The molecule has 3 rings (SSSR count). The number of H-pyrrole nitrogens is 1. The van der Waals surface area contributed by atoms with Gasteiger partial charge in [-0.1, -0.05) is 12.1 Å². The highest BCUT2D eigenvalue weighted by Crippen LogP contribution is 2.16. The summed E-state index contributed by atoms with van der Waals surface area (Å²) in [5.41, 5.74) is 5.19. The van der Waals surface area contributed by atoms with Crippen LogP contribution in [0.1, 0.15) is 18.5 Å². The van der Waals surface area contributed by atoms with Crippen molar-refractivity contribution in [3.63, 3.8) is 0 Å². The number of aromatic amines is 1. The van der Waals surface area contributed by atoms with Crippen LogP contribution in [0.25, 0.3) is 10.9 Å². The van der Waals surface area contributed by atoms with Crippen molar-refractivity contribution in [2.45, 2.75) is 25.8 Å². The zero-order valence-corrected chi connectivity index (χ0v) is 15.0. The van der Waals surface area contributed by atoms with Gasteiger partial charge in [-0.3, -0.25) is 19.0 Å². The molecule has 0 saturated carbocycles. The van der Waals surface area contributed by atoms with Gasteiger partial charge in [0.15, 0.2) is 5.13 Å². The molecule has 0 spiro atoms.